The van der Waals surface area contributed by atoms with Crippen molar-refractivity contribution in [3.8, 4) is 0 Å². The number of amides is 1. The van der Waals surface area contributed by atoms with Crippen LogP contribution in [0.15, 0.2) is 52.4 Å². The molecule has 0 saturated heterocycles. The van der Waals surface area contributed by atoms with Crippen molar-refractivity contribution in [1.29, 1.82) is 0 Å². The van der Waals surface area contributed by atoms with E-state index >= 15 is 0 Å². The number of benzene rings is 2. The number of nitro benzene ring substituents is 1. The van der Waals surface area contributed by atoms with Crippen LogP contribution in [-0.4, -0.2) is 20.6 Å². The van der Waals surface area contributed by atoms with E-state index in [0.717, 1.165) is 9.60 Å². The van der Waals surface area contributed by atoms with Crippen molar-refractivity contribution in [3.63, 3.8) is 0 Å². The molecule has 0 aliphatic rings. The zero-order valence-electron chi connectivity index (χ0n) is 14.5. The minimum absolute atomic E-state index is 0.0158. The minimum atomic E-state index is -0.435. The van der Waals surface area contributed by atoms with Gasteiger partial charge in [-0.05, 0) is 30.3 Å². The second kappa shape index (κ2) is 7.43. The molecule has 0 radical (unpaired) electrons. The summed E-state index contributed by atoms with van der Waals surface area (Å²) in [4.78, 5) is 28.8. The molecule has 3 aromatic rings. The summed E-state index contributed by atoms with van der Waals surface area (Å²) in [5.74, 6) is -0.331. The molecule has 0 N–H and O–H groups in total. The average molecular weight is 387 g/mol. The van der Waals surface area contributed by atoms with Gasteiger partial charge in [-0.1, -0.05) is 25.2 Å². The van der Waals surface area contributed by atoms with Crippen molar-refractivity contribution in [3.05, 3.63) is 62.9 Å². The molecular weight excluding hydrogens is 370 g/mol. The molecule has 0 atom stereocenters. The van der Waals surface area contributed by atoms with Gasteiger partial charge in [-0.2, -0.15) is 4.99 Å². The Morgan fingerprint density at radius 1 is 1.23 bits per heavy atom. The summed E-state index contributed by atoms with van der Waals surface area (Å²) in [6.07, 6.45) is 0. The maximum Gasteiger partial charge on any atom is 0.279 e. The van der Waals surface area contributed by atoms with Gasteiger partial charge in [0.25, 0.3) is 11.6 Å². The SMILES string of the molecule is CC(C)Sc1ccc(C(=O)N=c2sc3ccc([N+](=O)[O-])cc3n2C)cc1. The quantitative estimate of drug-likeness (QED) is 0.378. The number of aryl methyl sites for hydroxylation is 1. The van der Waals surface area contributed by atoms with Crippen molar-refractivity contribution >= 4 is 44.9 Å². The van der Waals surface area contributed by atoms with E-state index in [9.17, 15) is 14.9 Å². The molecule has 0 unspecified atom stereocenters. The maximum atomic E-state index is 12.5. The fraction of sp³-hybridized carbons (Fsp3) is 0.222. The van der Waals surface area contributed by atoms with Crippen LogP contribution >= 0.6 is 23.1 Å². The summed E-state index contributed by atoms with van der Waals surface area (Å²) in [6.45, 7) is 4.23. The first-order valence-electron chi connectivity index (χ1n) is 7.95. The predicted molar refractivity (Wildman–Crippen MR) is 105 cm³/mol. The van der Waals surface area contributed by atoms with Crippen LogP contribution in [-0.2, 0) is 7.05 Å². The zero-order valence-corrected chi connectivity index (χ0v) is 16.1. The Labute approximate surface area is 158 Å². The van der Waals surface area contributed by atoms with E-state index in [1.165, 1.54) is 23.5 Å². The first-order chi connectivity index (χ1) is 12.3. The summed E-state index contributed by atoms with van der Waals surface area (Å²) >= 11 is 3.06. The van der Waals surface area contributed by atoms with E-state index in [1.807, 2.05) is 12.1 Å². The van der Waals surface area contributed by atoms with E-state index in [4.69, 9.17) is 0 Å². The first-order valence-corrected chi connectivity index (χ1v) is 9.64. The lowest BCUT2D eigenvalue weighted by Crippen LogP contribution is -2.13. The summed E-state index contributed by atoms with van der Waals surface area (Å²) < 4.78 is 2.54. The molecule has 0 saturated carbocycles. The van der Waals surface area contributed by atoms with Crippen LogP contribution in [0.2, 0.25) is 0 Å². The van der Waals surface area contributed by atoms with Gasteiger partial charge in [0, 0.05) is 34.9 Å². The smallest absolute Gasteiger partial charge is 0.279 e. The number of nitro groups is 1. The third kappa shape index (κ3) is 3.86. The van der Waals surface area contributed by atoms with Gasteiger partial charge < -0.3 is 4.57 Å². The van der Waals surface area contributed by atoms with Crippen molar-refractivity contribution < 1.29 is 9.72 Å². The Balaban J connectivity index is 1.95. The van der Waals surface area contributed by atoms with Gasteiger partial charge in [0.2, 0.25) is 0 Å². The summed E-state index contributed by atoms with van der Waals surface area (Å²) in [7, 11) is 1.75. The number of carbonyl (C=O) groups excluding carboxylic acids is 1. The van der Waals surface area contributed by atoms with Gasteiger partial charge >= 0.3 is 0 Å². The van der Waals surface area contributed by atoms with Gasteiger partial charge in [-0.25, -0.2) is 0 Å². The number of thiazole rings is 1. The third-order valence-corrected chi connectivity index (χ3v) is 5.80. The number of thioether (sulfide) groups is 1. The Bertz CT molecular complexity index is 1050. The van der Waals surface area contributed by atoms with E-state index in [0.29, 0.717) is 21.1 Å². The third-order valence-electron chi connectivity index (χ3n) is 3.67. The highest BCUT2D eigenvalue weighted by Gasteiger charge is 2.11. The Morgan fingerprint density at radius 2 is 1.92 bits per heavy atom. The second-order valence-electron chi connectivity index (χ2n) is 5.96. The fourth-order valence-corrected chi connectivity index (χ4v) is 4.27. The number of non-ortho nitro benzene ring substituents is 1. The standard InChI is InChI=1S/C18H17N3O3S2/c1-11(2)25-14-7-4-12(5-8-14)17(22)19-18-20(3)15-10-13(21(23)24)6-9-16(15)26-18/h4-11H,1-3H3. The zero-order chi connectivity index (χ0) is 18.8. The molecule has 1 amide bonds. The number of rotatable bonds is 4. The van der Waals surface area contributed by atoms with Gasteiger partial charge in [0.05, 0.1) is 15.1 Å². The highest BCUT2D eigenvalue weighted by Crippen LogP contribution is 2.24. The number of fused-ring (bicyclic) bond motifs is 1. The number of carbonyl (C=O) groups is 1. The van der Waals surface area contributed by atoms with Crippen LogP contribution in [0, 0.1) is 10.1 Å². The number of nitrogens with zero attached hydrogens (tertiary/aromatic N) is 3. The van der Waals surface area contributed by atoms with Gasteiger partial charge in [-0.15, -0.1) is 11.8 Å². The highest BCUT2D eigenvalue weighted by molar-refractivity contribution is 7.99. The van der Waals surface area contributed by atoms with Gasteiger partial charge in [0.15, 0.2) is 4.80 Å². The van der Waals surface area contributed by atoms with E-state index < -0.39 is 4.92 Å². The second-order valence-corrected chi connectivity index (χ2v) is 8.62. The van der Waals surface area contributed by atoms with Crippen molar-refractivity contribution in [2.24, 2.45) is 12.0 Å². The van der Waals surface area contributed by atoms with Crippen LogP contribution < -0.4 is 4.80 Å². The van der Waals surface area contributed by atoms with Crippen molar-refractivity contribution in [1.82, 2.24) is 4.57 Å². The van der Waals surface area contributed by atoms with E-state index in [1.54, 1.807) is 41.6 Å². The molecule has 3 rings (SSSR count). The molecule has 134 valence electrons. The van der Waals surface area contributed by atoms with Crippen LogP contribution in [0.3, 0.4) is 0 Å². The molecule has 0 aliphatic carbocycles. The van der Waals surface area contributed by atoms with Crippen LogP contribution in [0.5, 0.6) is 0 Å². The summed E-state index contributed by atoms with van der Waals surface area (Å²) in [5, 5.41) is 11.4. The lowest BCUT2D eigenvalue weighted by molar-refractivity contribution is -0.384. The van der Waals surface area contributed by atoms with Crippen molar-refractivity contribution in [2.75, 3.05) is 0 Å². The fourth-order valence-electron chi connectivity index (χ4n) is 2.44. The van der Waals surface area contributed by atoms with Gasteiger partial charge in [-0.3, -0.25) is 14.9 Å². The number of aromatic nitrogens is 1. The average Bonchev–Trinajstić information content (AvgIpc) is 2.90. The molecule has 0 aliphatic heterocycles. The molecule has 2 aromatic carbocycles. The Hall–Kier alpha value is -2.45. The van der Waals surface area contributed by atoms with E-state index in [-0.39, 0.29) is 11.6 Å². The lowest BCUT2D eigenvalue weighted by atomic mass is 10.2. The normalized spacial score (nSPS) is 12.1. The summed E-state index contributed by atoms with van der Waals surface area (Å²) in [6, 6.07) is 12.0. The molecule has 0 bridgehead atoms. The number of hydrogen-bond donors (Lipinski definition) is 0. The lowest BCUT2D eigenvalue weighted by Gasteiger charge is -2.04. The summed E-state index contributed by atoms with van der Waals surface area (Å²) in [5.41, 5.74) is 1.21. The molecule has 26 heavy (non-hydrogen) atoms. The van der Waals surface area contributed by atoms with Crippen molar-refractivity contribution in [2.45, 2.75) is 24.0 Å². The largest absolute Gasteiger partial charge is 0.319 e. The number of hydrogen-bond acceptors (Lipinski definition) is 5. The minimum Gasteiger partial charge on any atom is -0.319 e. The molecule has 0 spiro atoms. The highest BCUT2D eigenvalue weighted by atomic mass is 32.2. The molecule has 6 nitrogen and oxygen atoms in total. The first kappa shape index (κ1) is 18.3. The molecule has 0 fully saturated rings. The monoisotopic (exact) mass is 387 g/mol. The van der Waals surface area contributed by atoms with E-state index in [2.05, 4.69) is 18.8 Å². The predicted octanol–water partition coefficient (Wildman–Crippen LogP) is 4.39. The molecule has 1 heterocycles. The maximum absolute atomic E-state index is 12.5. The molecule has 1 aromatic heterocycles. The molecule has 8 heteroatoms. The Morgan fingerprint density at radius 3 is 2.54 bits per heavy atom. The van der Waals surface area contributed by atoms with Crippen LogP contribution in [0.25, 0.3) is 10.2 Å². The van der Waals surface area contributed by atoms with Gasteiger partial charge in [0.1, 0.15) is 0 Å². The molecular formula is C18H17N3O3S2. The van der Waals surface area contributed by atoms with Crippen LogP contribution in [0.4, 0.5) is 5.69 Å². The van der Waals surface area contributed by atoms with Crippen LogP contribution in [0.1, 0.15) is 24.2 Å². The Kier molecular flexibility index (Phi) is 5.24. The topological polar surface area (TPSA) is 77.5 Å².